The van der Waals surface area contributed by atoms with Gasteiger partial charge in [-0.25, -0.2) is 0 Å². The molecule has 2 unspecified atom stereocenters. The summed E-state index contributed by atoms with van der Waals surface area (Å²) < 4.78 is 0. The van der Waals surface area contributed by atoms with Gasteiger partial charge in [0.05, 0.1) is 0 Å². The summed E-state index contributed by atoms with van der Waals surface area (Å²) in [5, 5.41) is 9.15. The van der Waals surface area contributed by atoms with Crippen LogP contribution in [0.4, 0.5) is 0 Å². The molecule has 0 spiro atoms. The predicted octanol–water partition coefficient (Wildman–Crippen LogP) is 3.35. The Bertz CT molecular complexity index is 642. The van der Waals surface area contributed by atoms with E-state index in [1.807, 2.05) is 0 Å². The van der Waals surface area contributed by atoms with Crippen LogP contribution in [-0.4, -0.2) is 29.2 Å². The van der Waals surface area contributed by atoms with Crippen LogP contribution in [0.15, 0.2) is 0 Å². The molecule has 0 aromatic heterocycles. The minimum absolute atomic E-state index is 0.0883. The van der Waals surface area contributed by atoms with Gasteiger partial charge in [0.15, 0.2) is 0 Å². The largest absolute Gasteiger partial charge is 0.481 e. The summed E-state index contributed by atoms with van der Waals surface area (Å²) in [6.45, 7) is 7.19. The summed E-state index contributed by atoms with van der Waals surface area (Å²) >= 11 is 0. The quantitative estimate of drug-likeness (QED) is 0.572. The molecule has 4 rings (SSSR count). The monoisotopic (exact) mass is 405 g/mol. The molecule has 7 N–H and O–H groups in total. The third kappa shape index (κ3) is 3.27. The molecule has 0 aliphatic heterocycles. The number of carboxylic acid groups (broad SMARTS) is 1. The average Bonchev–Trinajstić information content (AvgIpc) is 3.01. The lowest BCUT2D eigenvalue weighted by Gasteiger charge is -2.64. The normalized spacial score (nSPS) is 52.9. The summed E-state index contributed by atoms with van der Waals surface area (Å²) in [7, 11) is 0. The molecular formula is C24H43N3O2. The molecule has 4 aliphatic carbocycles. The number of hydrogen-bond donors (Lipinski definition) is 4. The van der Waals surface area contributed by atoms with Crippen LogP contribution in [0.2, 0.25) is 0 Å². The fraction of sp³-hybridized carbons (Fsp3) is 0.958. The molecule has 0 heterocycles. The smallest absolute Gasteiger partial charge is 0.303 e. The van der Waals surface area contributed by atoms with E-state index in [4.69, 9.17) is 22.3 Å². The van der Waals surface area contributed by atoms with Gasteiger partial charge in [0, 0.05) is 24.5 Å². The summed E-state index contributed by atoms with van der Waals surface area (Å²) in [6.07, 6.45) is 9.09. The van der Waals surface area contributed by atoms with Gasteiger partial charge in [0.1, 0.15) is 0 Å². The second-order valence-corrected chi connectivity index (χ2v) is 11.7. The summed E-state index contributed by atoms with van der Waals surface area (Å²) in [5.74, 6) is 2.63. The van der Waals surface area contributed by atoms with Gasteiger partial charge in [-0.1, -0.05) is 20.8 Å². The Morgan fingerprint density at radius 3 is 2.48 bits per heavy atom. The van der Waals surface area contributed by atoms with Crippen molar-refractivity contribution in [2.45, 2.75) is 96.7 Å². The first-order valence-electron chi connectivity index (χ1n) is 12.1. The van der Waals surface area contributed by atoms with Crippen molar-refractivity contribution in [2.75, 3.05) is 0 Å². The number of nitrogens with two attached hydrogens (primary N) is 3. The SMILES string of the molecule is C[C@H](CCC(=O)O)[C@H]1CC[C@H]2C3[C@H](N)CC4C[C@H](N)CC[C@]4(C)[C@H]3C[C@H](N)[C@]12C. The molecule has 0 bridgehead atoms. The number of carboxylic acids is 1. The van der Waals surface area contributed by atoms with Crippen molar-refractivity contribution in [3.05, 3.63) is 0 Å². The second-order valence-electron chi connectivity index (χ2n) is 11.7. The van der Waals surface area contributed by atoms with Crippen LogP contribution in [0, 0.1) is 46.3 Å². The molecule has 0 amide bonds. The Balaban J connectivity index is 1.61. The number of carbonyl (C=O) groups is 1. The molecular weight excluding hydrogens is 362 g/mol. The molecule has 166 valence electrons. The van der Waals surface area contributed by atoms with E-state index < -0.39 is 5.97 Å². The van der Waals surface area contributed by atoms with Crippen LogP contribution < -0.4 is 17.2 Å². The van der Waals surface area contributed by atoms with Crippen LogP contribution in [0.25, 0.3) is 0 Å². The maximum Gasteiger partial charge on any atom is 0.303 e. The van der Waals surface area contributed by atoms with Gasteiger partial charge < -0.3 is 22.3 Å². The Kier molecular flexibility index (Phi) is 5.57. The molecule has 5 heteroatoms. The van der Waals surface area contributed by atoms with E-state index in [9.17, 15) is 4.79 Å². The first-order valence-corrected chi connectivity index (χ1v) is 12.1. The Hall–Kier alpha value is -0.650. The molecule has 0 saturated heterocycles. The van der Waals surface area contributed by atoms with Crippen molar-refractivity contribution in [2.24, 2.45) is 63.5 Å². The molecule has 0 aromatic carbocycles. The van der Waals surface area contributed by atoms with Gasteiger partial charge in [0.2, 0.25) is 0 Å². The van der Waals surface area contributed by atoms with Crippen LogP contribution in [0.1, 0.15) is 78.6 Å². The summed E-state index contributed by atoms with van der Waals surface area (Å²) in [6, 6.07) is 0.783. The molecule has 0 aromatic rings. The van der Waals surface area contributed by atoms with Gasteiger partial charge >= 0.3 is 5.97 Å². The van der Waals surface area contributed by atoms with Gasteiger partial charge in [-0.05, 0) is 97.7 Å². The third-order valence-electron chi connectivity index (χ3n) is 10.6. The molecule has 0 radical (unpaired) electrons. The zero-order valence-corrected chi connectivity index (χ0v) is 18.6. The maximum atomic E-state index is 11.1. The molecule has 29 heavy (non-hydrogen) atoms. The number of aliphatic carboxylic acids is 1. The zero-order chi connectivity index (χ0) is 21.1. The van der Waals surface area contributed by atoms with Crippen molar-refractivity contribution in [3.8, 4) is 0 Å². The molecule has 11 atom stereocenters. The van der Waals surface area contributed by atoms with Crippen LogP contribution in [0.3, 0.4) is 0 Å². The van der Waals surface area contributed by atoms with Crippen molar-refractivity contribution in [3.63, 3.8) is 0 Å². The van der Waals surface area contributed by atoms with Gasteiger partial charge in [-0.2, -0.15) is 0 Å². The average molecular weight is 406 g/mol. The number of rotatable bonds is 4. The zero-order valence-electron chi connectivity index (χ0n) is 18.6. The first-order chi connectivity index (χ1) is 13.6. The molecule has 4 saturated carbocycles. The second kappa shape index (κ2) is 7.49. The van der Waals surface area contributed by atoms with Gasteiger partial charge in [-0.15, -0.1) is 0 Å². The lowest BCUT2D eigenvalue weighted by Crippen LogP contribution is -2.65. The first kappa shape index (κ1) is 21.6. The predicted molar refractivity (Wildman–Crippen MR) is 116 cm³/mol. The lowest BCUT2D eigenvalue weighted by atomic mass is 9.42. The van der Waals surface area contributed by atoms with E-state index >= 15 is 0 Å². The van der Waals surface area contributed by atoms with E-state index in [1.54, 1.807) is 0 Å². The lowest BCUT2D eigenvalue weighted by molar-refractivity contribution is -0.138. The van der Waals surface area contributed by atoms with Crippen LogP contribution >= 0.6 is 0 Å². The topological polar surface area (TPSA) is 115 Å². The van der Waals surface area contributed by atoms with Crippen LogP contribution in [-0.2, 0) is 4.79 Å². The molecule has 4 fully saturated rings. The van der Waals surface area contributed by atoms with Gasteiger partial charge in [-0.3, -0.25) is 4.79 Å². The number of fused-ring (bicyclic) bond motifs is 5. The van der Waals surface area contributed by atoms with Crippen molar-refractivity contribution in [1.82, 2.24) is 0 Å². The Morgan fingerprint density at radius 1 is 1.07 bits per heavy atom. The van der Waals surface area contributed by atoms with Crippen molar-refractivity contribution >= 4 is 5.97 Å². The maximum absolute atomic E-state index is 11.1. The molecule has 5 nitrogen and oxygen atoms in total. The highest BCUT2D eigenvalue weighted by atomic mass is 16.4. The van der Waals surface area contributed by atoms with Crippen molar-refractivity contribution < 1.29 is 9.90 Å². The van der Waals surface area contributed by atoms with E-state index in [0.29, 0.717) is 47.0 Å². The Morgan fingerprint density at radius 2 is 1.79 bits per heavy atom. The summed E-state index contributed by atoms with van der Waals surface area (Å²) in [4.78, 5) is 11.1. The molecule has 4 aliphatic rings. The Labute approximate surface area is 176 Å². The summed E-state index contributed by atoms with van der Waals surface area (Å²) in [5.41, 5.74) is 20.7. The minimum Gasteiger partial charge on any atom is -0.481 e. The highest BCUT2D eigenvalue weighted by Crippen LogP contribution is 2.67. The fourth-order valence-corrected chi connectivity index (χ4v) is 8.93. The van der Waals surface area contributed by atoms with E-state index in [1.165, 1.54) is 19.3 Å². The van der Waals surface area contributed by atoms with E-state index in [0.717, 1.165) is 32.1 Å². The van der Waals surface area contributed by atoms with Crippen LogP contribution in [0.5, 0.6) is 0 Å². The van der Waals surface area contributed by atoms with E-state index in [-0.39, 0.29) is 23.9 Å². The highest BCUT2D eigenvalue weighted by molar-refractivity contribution is 5.66. The van der Waals surface area contributed by atoms with Crippen molar-refractivity contribution in [1.29, 1.82) is 0 Å². The standard InChI is InChI=1S/C24H43N3O2/c1-13(4-7-21(28)29)16-5-6-17-22-18(12-20(27)24(16,17)3)23(2)9-8-15(25)10-14(23)11-19(22)26/h13-20,22H,4-12,25-27H2,1-3H3,(H,28,29)/t13-,14?,15-,16-,17+,18+,19-,20+,22?,23+,24-/m1/s1. The fourth-order valence-electron chi connectivity index (χ4n) is 8.93. The van der Waals surface area contributed by atoms with E-state index in [2.05, 4.69) is 20.8 Å². The third-order valence-corrected chi connectivity index (χ3v) is 10.6. The van der Waals surface area contributed by atoms with Gasteiger partial charge in [0.25, 0.3) is 0 Å². The highest BCUT2D eigenvalue weighted by Gasteiger charge is 2.64. The number of hydrogen-bond acceptors (Lipinski definition) is 4. The minimum atomic E-state index is -0.687.